The molecule has 0 bridgehead atoms. The van der Waals surface area contributed by atoms with Crippen molar-refractivity contribution in [1.82, 2.24) is 9.29 Å². The van der Waals surface area contributed by atoms with Crippen LogP contribution in [-0.4, -0.2) is 70.4 Å². The van der Waals surface area contributed by atoms with Crippen LogP contribution >= 0.6 is 11.8 Å². The molecule has 3 heterocycles. The number of thioether (sulfide) groups is 1. The first-order valence-corrected chi connectivity index (χ1v) is 11.5. The third kappa shape index (κ3) is 6.83. The Morgan fingerprint density at radius 1 is 1.45 bits per heavy atom. The van der Waals surface area contributed by atoms with E-state index in [2.05, 4.69) is 4.98 Å². The van der Waals surface area contributed by atoms with Gasteiger partial charge in [0.25, 0.3) is 0 Å². The van der Waals surface area contributed by atoms with Crippen LogP contribution < -0.4 is 0 Å². The third-order valence-electron chi connectivity index (χ3n) is 4.41. The van der Waals surface area contributed by atoms with Gasteiger partial charge in [0.1, 0.15) is 0 Å². The lowest BCUT2D eigenvalue weighted by Crippen LogP contribution is -2.61. The van der Waals surface area contributed by atoms with Crippen molar-refractivity contribution >= 4 is 27.8 Å². The Balaban J connectivity index is 0.000000370. The minimum absolute atomic E-state index is 0.0837. The van der Waals surface area contributed by atoms with Crippen molar-refractivity contribution in [2.24, 2.45) is 0 Å². The molecular formula is C17H23F3N2O5S2. The van der Waals surface area contributed by atoms with Crippen molar-refractivity contribution in [1.29, 1.82) is 0 Å². The first-order chi connectivity index (χ1) is 13.5. The molecule has 1 aromatic heterocycles. The summed E-state index contributed by atoms with van der Waals surface area (Å²) in [6.07, 6.45) is 0.316. The Labute approximate surface area is 171 Å². The Morgan fingerprint density at radius 2 is 2.10 bits per heavy atom. The maximum Gasteiger partial charge on any atom is 0.490 e. The quantitative estimate of drug-likeness (QED) is 0.703. The number of carboxylic acid groups (broad SMARTS) is 1. The monoisotopic (exact) mass is 456 g/mol. The summed E-state index contributed by atoms with van der Waals surface area (Å²) in [5.74, 6) is -1.55. The van der Waals surface area contributed by atoms with Gasteiger partial charge in [0, 0.05) is 36.0 Å². The molecule has 2 aliphatic rings. The number of nitrogens with zero attached hydrogens (tertiary/aromatic N) is 2. The Hall–Kier alpha value is -1.37. The van der Waals surface area contributed by atoms with Crippen molar-refractivity contribution < 1.29 is 36.2 Å². The zero-order valence-electron chi connectivity index (χ0n) is 15.8. The maximum absolute atomic E-state index is 12.0. The number of sulfonamides is 1. The Bertz CT molecular complexity index is 784. The first-order valence-electron chi connectivity index (χ1n) is 8.90. The third-order valence-corrected chi connectivity index (χ3v) is 7.96. The van der Waals surface area contributed by atoms with Crippen LogP contribution in [0.5, 0.6) is 0 Å². The molecule has 0 radical (unpaired) electrons. The topological polar surface area (TPSA) is 96.8 Å². The summed E-state index contributed by atoms with van der Waals surface area (Å²) >= 11 is 1.87. The second-order valence-corrected chi connectivity index (χ2v) is 10.5. The van der Waals surface area contributed by atoms with Gasteiger partial charge in [-0.25, -0.2) is 13.2 Å². The molecule has 12 heteroatoms. The highest BCUT2D eigenvalue weighted by Gasteiger charge is 2.52. The van der Waals surface area contributed by atoms with Gasteiger partial charge in [0.05, 0.1) is 18.5 Å². The van der Waals surface area contributed by atoms with E-state index < -0.39 is 22.2 Å². The van der Waals surface area contributed by atoms with Gasteiger partial charge in [-0.1, -0.05) is 13.0 Å². The van der Waals surface area contributed by atoms with Gasteiger partial charge in [0.15, 0.2) is 0 Å². The van der Waals surface area contributed by atoms with E-state index in [-0.39, 0.29) is 16.6 Å². The summed E-state index contributed by atoms with van der Waals surface area (Å²) in [7, 11) is -3.04. The molecule has 1 N–H and O–H groups in total. The number of ether oxygens (including phenoxy) is 1. The van der Waals surface area contributed by atoms with Gasteiger partial charge < -0.3 is 9.84 Å². The molecule has 1 atom stereocenters. The summed E-state index contributed by atoms with van der Waals surface area (Å²) in [5.41, 5.74) is 1.08. The number of pyridine rings is 1. The molecule has 164 valence electrons. The molecule has 0 saturated carbocycles. The van der Waals surface area contributed by atoms with Crippen LogP contribution in [0.15, 0.2) is 24.5 Å². The van der Waals surface area contributed by atoms with Crippen molar-refractivity contribution in [3.05, 3.63) is 30.1 Å². The SMILES string of the molecule is CCCS(=O)(=O)N1CC2(CC(OCc3cccnc3)CS2)C1.O=C(O)C(F)(F)F. The van der Waals surface area contributed by atoms with E-state index in [9.17, 15) is 21.6 Å². The van der Waals surface area contributed by atoms with E-state index in [1.54, 1.807) is 10.5 Å². The molecular weight excluding hydrogens is 433 g/mol. The van der Waals surface area contributed by atoms with E-state index >= 15 is 0 Å². The number of hydrogen-bond acceptors (Lipinski definition) is 6. The van der Waals surface area contributed by atoms with Crippen molar-refractivity contribution in [2.45, 2.75) is 43.4 Å². The number of halogens is 3. The number of hydrogen-bond donors (Lipinski definition) is 1. The van der Waals surface area contributed by atoms with Crippen molar-refractivity contribution in [3.63, 3.8) is 0 Å². The number of alkyl halides is 3. The van der Waals surface area contributed by atoms with Crippen molar-refractivity contribution in [2.75, 3.05) is 24.6 Å². The maximum atomic E-state index is 12.0. The zero-order chi connectivity index (χ0) is 21.7. The van der Waals surface area contributed by atoms with Gasteiger partial charge in [-0.2, -0.15) is 17.5 Å². The number of aromatic nitrogens is 1. The van der Waals surface area contributed by atoms with Gasteiger partial charge in [-0.15, -0.1) is 11.8 Å². The average molecular weight is 457 g/mol. The molecule has 2 aliphatic heterocycles. The van der Waals surface area contributed by atoms with Gasteiger partial charge in [-0.05, 0) is 24.5 Å². The zero-order valence-corrected chi connectivity index (χ0v) is 17.4. The highest BCUT2D eigenvalue weighted by molar-refractivity contribution is 8.01. The predicted octanol–water partition coefficient (Wildman–Crippen LogP) is 2.53. The molecule has 7 nitrogen and oxygen atoms in total. The predicted molar refractivity (Wildman–Crippen MR) is 102 cm³/mol. The Kier molecular flexibility index (Phi) is 7.93. The fourth-order valence-corrected chi connectivity index (χ4v) is 6.38. The van der Waals surface area contributed by atoms with Gasteiger partial charge in [-0.3, -0.25) is 4.98 Å². The molecule has 29 heavy (non-hydrogen) atoms. The normalized spacial score (nSPS) is 21.3. The fraction of sp³-hybridized carbons (Fsp3) is 0.647. The summed E-state index contributed by atoms with van der Waals surface area (Å²) < 4.78 is 63.5. The van der Waals surface area contributed by atoms with Crippen LogP contribution in [0.1, 0.15) is 25.3 Å². The molecule has 2 fully saturated rings. The van der Waals surface area contributed by atoms with Crippen LogP contribution in [0.4, 0.5) is 13.2 Å². The molecule has 2 saturated heterocycles. The number of aliphatic carboxylic acids is 1. The number of carboxylic acids is 1. The van der Waals surface area contributed by atoms with E-state index in [0.29, 0.717) is 26.1 Å². The highest BCUT2D eigenvalue weighted by Crippen LogP contribution is 2.47. The van der Waals surface area contributed by atoms with E-state index in [4.69, 9.17) is 14.6 Å². The van der Waals surface area contributed by atoms with Crippen LogP contribution in [0, 0.1) is 0 Å². The minimum Gasteiger partial charge on any atom is -0.475 e. The van der Waals surface area contributed by atoms with Gasteiger partial charge >= 0.3 is 12.1 Å². The lowest BCUT2D eigenvalue weighted by Gasteiger charge is -2.46. The molecule has 0 aromatic carbocycles. The van der Waals surface area contributed by atoms with Crippen molar-refractivity contribution in [3.8, 4) is 0 Å². The molecule has 3 rings (SSSR count). The summed E-state index contributed by atoms with van der Waals surface area (Å²) in [4.78, 5) is 13.0. The second-order valence-electron chi connectivity index (χ2n) is 6.88. The number of rotatable bonds is 6. The Morgan fingerprint density at radius 3 is 2.62 bits per heavy atom. The summed E-state index contributed by atoms with van der Waals surface area (Å²) in [5, 5.41) is 7.12. The molecule has 1 aromatic rings. The van der Waals surface area contributed by atoms with E-state index in [0.717, 1.165) is 17.7 Å². The first kappa shape index (κ1) is 23.9. The summed E-state index contributed by atoms with van der Waals surface area (Å²) in [6, 6.07) is 3.92. The van der Waals surface area contributed by atoms with Gasteiger partial charge in [0.2, 0.25) is 10.0 Å². The highest BCUT2D eigenvalue weighted by atomic mass is 32.2. The lowest BCUT2D eigenvalue weighted by molar-refractivity contribution is -0.192. The van der Waals surface area contributed by atoms with E-state index in [1.165, 1.54) is 0 Å². The number of carbonyl (C=O) groups is 1. The van der Waals surface area contributed by atoms with Crippen LogP contribution in [0.3, 0.4) is 0 Å². The lowest BCUT2D eigenvalue weighted by atomic mass is 9.95. The van der Waals surface area contributed by atoms with Crippen LogP contribution in [0.2, 0.25) is 0 Å². The second kappa shape index (κ2) is 9.63. The van der Waals surface area contributed by atoms with Crippen LogP contribution in [-0.2, 0) is 26.2 Å². The average Bonchev–Trinajstić information content (AvgIpc) is 3.04. The largest absolute Gasteiger partial charge is 0.490 e. The minimum atomic E-state index is -5.08. The molecule has 1 unspecified atom stereocenters. The smallest absolute Gasteiger partial charge is 0.475 e. The fourth-order valence-electron chi connectivity index (χ4n) is 3.01. The van der Waals surface area contributed by atoms with E-state index in [1.807, 2.05) is 37.0 Å². The van der Waals surface area contributed by atoms with Crippen LogP contribution in [0.25, 0.3) is 0 Å². The molecule has 0 amide bonds. The standard InChI is InChI=1S/C15H22N2O3S2.C2HF3O2/c1-2-6-22(18,19)17-11-15(12-17)7-14(10-21-15)20-9-13-4-3-5-16-8-13;3-2(4,5)1(6)7/h3-5,8,14H,2,6-7,9-12H2,1H3;(H,6,7). The molecule has 1 spiro atoms. The molecule has 0 aliphatic carbocycles. The summed E-state index contributed by atoms with van der Waals surface area (Å²) in [6.45, 7) is 3.77.